The molecule has 0 aromatic carbocycles. The molecule has 0 spiro atoms. The number of nitrogens with zero attached hydrogens (tertiary/aromatic N) is 1. The van der Waals surface area contributed by atoms with Gasteiger partial charge in [0.15, 0.2) is 0 Å². The van der Waals surface area contributed by atoms with Crippen molar-refractivity contribution in [2.45, 2.75) is 66.0 Å². The van der Waals surface area contributed by atoms with Crippen molar-refractivity contribution in [1.29, 1.82) is 0 Å². The minimum absolute atomic E-state index is 0.325. The summed E-state index contributed by atoms with van der Waals surface area (Å²) in [6.07, 6.45) is 2.54. The molecule has 0 radical (unpaired) electrons. The molecule has 2 nitrogen and oxygen atoms in total. The number of hydrogen-bond acceptors (Lipinski definition) is 2. The molecular weight excluding hydrogens is 208 g/mol. The SMILES string of the molecule is CNC1CCN(C(C)(C)CC(C)(C)C)CC1C. The molecule has 1 heterocycles. The molecule has 0 saturated carbocycles. The molecular formula is C15H32N2. The van der Waals surface area contributed by atoms with E-state index in [1.807, 2.05) is 0 Å². The van der Waals surface area contributed by atoms with E-state index in [0.29, 0.717) is 17.0 Å². The monoisotopic (exact) mass is 240 g/mol. The van der Waals surface area contributed by atoms with Crippen LogP contribution in [-0.2, 0) is 0 Å². The zero-order chi connectivity index (χ0) is 13.3. The summed E-state index contributed by atoms with van der Waals surface area (Å²) in [4.78, 5) is 2.69. The van der Waals surface area contributed by atoms with Crippen molar-refractivity contribution in [2.75, 3.05) is 20.1 Å². The molecule has 17 heavy (non-hydrogen) atoms. The van der Waals surface area contributed by atoms with Gasteiger partial charge in [-0.15, -0.1) is 0 Å². The largest absolute Gasteiger partial charge is 0.317 e. The quantitative estimate of drug-likeness (QED) is 0.815. The third kappa shape index (κ3) is 4.26. The summed E-state index contributed by atoms with van der Waals surface area (Å²) in [5.74, 6) is 0.757. The van der Waals surface area contributed by atoms with Gasteiger partial charge in [-0.05, 0) is 45.1 Å². The summed E-state index contributed by atoms with van der Waals surface area (Å²) in [7, 11) is 2.09. The van der Waals surface area contributed by atoms with E-state index in [4.69, 9.17) is 0 Å². The molecule has 1 rings (SSSR count). The van der Waals surface area contributed by atoms with Gasteiger partial charge in [0.1, 0.15) is 0 Å². The first-order valence-corrected chi connectivity index (χ1v) is 7.08. The first-order valence-electron chi connectivity index (χ1n) is 7.08. The van der Waals surface area contributed by atoms with Gasteiger partial charge in [0.2, 0.25) is 0 Å². The van der Waals surface area contributed by atoms with Gasteiger partial charge in [-0.2, -0.15) is 0 Å². The van der Waals surface area contributed by atoms with E-state index >= 15 is 0 Å². The van der Waals surface area contributed by atoms with Gasteiger partial charge in [-0.1, -0.05) is 27.7 Å². The van der Waals surface area contributed by atoms with Crippen LogP contribution < -0.4 is 5.32 Å². The van der Waals surface area contributed by atoms with Gasteiger partial charge >= 0.3 is 0 Å². The number of likely N-dealkylation sites (tertiary alicyclic amines) is 1. The van der Waals surface area contributed by atoms with E-state index in [9.17, 15) is 0 Å². The van der Waals surface area contributed by atoms with Crippen molar-refractivity contribution >= 4 is 0 Å². The molecule has 0 aromatic heterocycles. The van der Waals surface area contributed by atoms with Crippen LogP contribution in [0.5, 0.6) is 0 Å². The smallest absolute Gasteiger partial charge is 0.0158 e. The molecule has 0 amide bonds. The summed E-state index contributed by atoms with van der Waals surface area (Å²) in [5.41, 5.74) is 0.734. The highest BCUT2D eigenvalue weighted by atomic mass is 15.2. The zero-order valence-electron chi connectivity index (χ0n) is 12.9. The van der Waals surface area contributed by atoms with Gasteiger partial charge in [0.25, 0.3) is 0 Å². The van der Waals surface area contributed by atoms with Crippen LogP contribution in [0, 0.1) is 11.3 Å². The Kier molecular flexibility index (Phi) is 4.65. The molecule has 1 aliphatic heterocycles. The molecule has 0 aliphatic carbocycles. The Bertz CT molecular complexity index is 240. The van der Waals surface area contributed by atoms with E-state index in [1.165, 1.54) is 25.9 Å². The van der Waals surface area contributed by atoms with E-state index in [1.54, 1.807) is 0 Å². The molecule has 0 bridgehead atoms. The molecule has 0 aromatic rings. The Hall–Kier alpha value is -0.0800. The predicted molar refractivity (Wildman–Crippen MR) is 76.4 cm³/mol. The van der Waals surface area contributed by atoms with Crippen molar-refractivity contribution in [3.8, 4) is 0 Å². The van der Waals surface area contributed by atoms with E-state index in [2.05, 4.69) is 58.8 Å². The van der Waals surface area contributed by atoms with Crippen molar-refractivity contribution in [3.63, 3.8) is 0 Å². The average molecular weight is 240 g/mol. The average Bonchev–Trinajstić information content (AvgIpc) is 2.13. The van der Waals surface area contributed by atoms with Crippen LogP contribution in [-0.4, -0.2) is 36.6 Å². The summed E-state index contributed by atoms with van der Waals surface area (Å²) in [6, 6.07) is 0.705. The fourth-order valence-electron chi connectivity index (χ4n) is 3.53. The summed E-state index contributed by atoms with van der Waals surface area (Å²) < 4.78 is 0. The van der Waals surface area contributed by atoms with E-state index < -0.39 is 0 Å². The maximum Gasteiger partial charge on any atom is 0.0158 e. The maximum absolute atomic E-state index is 3.45. The van der Waals surface area contributed by atoms with Crippen molar-refractivity contribution in [2.24, 2.45) is 11.3 Å². The highest BCUT2D eigenvalue weighted by molar-refractivity contribution is 4.92. The van der Waals surface area contributed by atoms with Crippen LogP contribution in [0.4, 0.5) is 0 Å². The lowest BCUT2D eigenvalue weighted by Crippen LogP contribution is -2.55. The van der Waals surface area contributed by atoms with Gasteiger partial charge in [-0.3, -0.25) is 4.90 Å². The molecule has 1 saturated heterocycles. The second-order valence-electron chi connectivity index (χ2n) is 7.66. The Balaban J connectivity index is 2.62. The van der Waals surface area contributed by atoms with Gasteiger partial charge in [0.05, 0.1) is 0 Å². The molecule has 1 fully saturated rings. The zero-order valence-corrected chi connectivity index (χ0v) is 12.9. The summed E-state index contributed by atoms with van der Waals surface area (Å²) >= 11 is 0. The molecule has 2 heteroatoms. The lowest BCUT2D eigenvalue weighted by atomic mass is 9.79. The van der Waals surface area contributed by atoms with Crippen LogP contribution in [0.2, 0.25) is 0 Å². The second-order valence-corrected chi connectivity index (χ2v) is 7.66. The van der Waals surface area contributed by atoms with E-state index in [-0.39, 0.29) is 0 Å². The molecule has 1 aliphatic rings. The highest BCUT2D eigenvalue weighted by Gasteiger charge is 2.35. The fraction of sp³-hybridized carbons (Fsp3) is 1.00. The molecule has 2 unspecified atom stereocenters. The first-order chi connectivity index (χ1) is 7.65. The third-order valence-electron chi connectivity index (χ3n) is 4.10. The maximum atomic E-state index is 3.45. The Morgan fingerprint density at radius 1 is 1.18 bits per heavy atom. The van der Waals surface area contributed by atoms with E-state index in [0.717, 1.165) is 5.92 Å². The first kappa shape index (κ1) is 15.0. The van der Waals surface area contributed by atoms with Crippen molar-refractivity contribution in [3.05, 3.63) is 0 Å². The highest BCUT2D eigenvalue weighted by Crippen LogP contribution is 2.33. The topological polar surface area (TPSA) is 15.3 Å². The van der Waals surface area contributed by atoms with Crippen LogP contribution >= 0.6 is 0 Å². The van der Waals surface area contributed by atoms with Gasteiger partial charge in [0, 0.05) is 24.7 Å². The van der Waals surface area contributed by atoms with Crippen LogP contribution in [0.15, 0.2) is 0 Å². The Morgan fingerprint density at radius 3 is 2.18 bits per heavy atom. The van der Waals surface area contributed by atoms with Gasteiger partial charge < -0.3 is 5.32 Å². The number of piperidine rings is 1. The third-order valence-corrected chi connectivity index (χ3v) is 4.10. The van der Waals surface area contributed by atoms with Crippen LogP contribution in [0.3, 0.4) is 0 Å². The fourth-order valence-corrected chi connectivity index (χ4v) is 3.53. The molecule has 102 valence electrons. The van der Waals surface area contributed by atoms with Gasteiger partial charge in [-0.25, -0.2) is 0 Å². The molecule has 2 atom stereocenters. The summed E-state index contributed by atoms with van der Waals surface area (Å²) in [5, 5.41) is 3.45. The lowest BCUT2D eigenvalue weighted by Gasteiger charge is -2.47. The predicted octanol–water partition coefficient (Wildman–Crippen LogP) is 3.13. The minimum Gasteiger partial charge on any atom is -0.317 e. The standard InChI is InChI=1S/C15H32N2/c1-12-10-17(9-8-13(12)16-7)15(5,6)11-14(2,3)4/h12-13,16H,8-11H2,1-7H3. The Morgan fingerprint density at radius 2 is 1.76 bits per heavy atom. The lowest BCUT2D eigenvalue weighted by molar-refractivity contribution is 0.0299. The number of nitrogens with one attached hydrogen (secondary N) is 1. The van der Waals surface area contributed by atoms with Crippen molar-refractivity contribution in [1.82, 2.24) is 10.2 Å². The van der Waals surface area contributed by atoms with Crippen LogP contribution in [0.1, 0.15) is 54.4 Å². The number of rotatable bonds is 3. The molecule has 1 N–H and O–H groups in total. The number of hydrogen-bond donors (Lipinski definition) is 1. The minimum atomic E-state index is 0.325. The normalized spacial score (nSPS) is 28.4. The second kappa shape index (κ2) is 5.27. The Labute approximate surface area is 108 Å². The van der Waals surface area contributed by atoms with Crippen molar-refractivity contribution < 1.29 is 0 Å². The summed E-state index contributed by atoms with van der Waals surface area (Å²) in [6.45, 7) is 16.7. The van der Waals surface area contributed by atoms with Crippen LogP contribution in [0.25, 0.3) is 0 Å².